The second-order valence-corrected chi connectivity index (χ2v) is 5.73. The van der Waals surface area contributed by atoms with Gasteiger partial charge in [0.25, 0.3) is 10.1 Å². The Morgan fingerprint density at radius 1 is 1.26 bits per heavy atom. The van der Waals surface area contributed by atoms with Crippen molar-refractivity contribution in [2.75, 3.05) is 12.4 Å². The van der Waals surface area contributed by atoms with Gasteiger partial charge in [0.2, 0.25) is 0 Å². The topological polar surface area (TPSA) is 80.7 Å². The minimum Gasteiger partial charge on any atom is -1.00 e. The average molecular weight is 300 g/mol. The summed E-state index contributed by atoms with van der Waals surface area (Å²) in [5, 5.41) is 0. The van der Waals surface area contributed by atoms with E-state index in [-0.39, 0.29) is 37.6 Å². The molecule has 0 fully saturated rings. The Morgan fingerprint density at radius 2 is 1.84 bits per heavy atom. The van der Waals surface area contributed by atoms with Crippen LogP contribution in [0.1, 0.15) is 35.0 Å². The van der Waals surface area contributed by atoms with Gasteiger partial charge in [-0.05, 0) is 39.7 Å². The summed E-state index contributed by atoms with van der Waals surface area (Å²) in [6.07, 6.45) is 5.62. The maximum absolute atomic E-state index is 10.9. The van der Waals surface area contributed by atoms with E-state index < -0.39 is 21.8 Å². The molecular formula is C12H21NaO5S. The van der Waals surface area contributed by atoms with Crippen molar-refractivity contribution >= 4 is 16.1 Å². The van der Waals surface area contributed by atoms with E-state index in [0.29, 0.717) is 0 Å². The molecule has 0 atom stereocenters. The first-order valence-electron chi connectivity index (χ1n) is 5.60. The third kappa shape index (κ3) is 15.8. The summed E-state index contributed by atoms with van der Waals surface area (Å²) in [4.78, 5) is 10.9. The standard InChI is InChI=1S/C12H20O5S.Na.H/c1-10(2)5-4-6-11(3)7-8-17-12(13)9-18(14,15)16;;/h5,7H,4,6,8-9H2,1-3H3,(H,14,15,16);;/q;+1;-1/b11-7+;;. The minimum atomic E-state index is -4.30. The maximum atomic E-state index is 10.9. The Bertz CT molecular complexity index is 439. The quantitative estimate of drug-likeness (QED) is 0.289. The van der Waals surface area contributed by atoms with Crippen LogP contribution in [0.3, 0.4) is 0 Å². The van der Waals surface area contributed by atoms with Gasteiger partial charge >= 0.3 is 35.5 Å². The summed E-state index contributed by atoms with van der Waals surface area (Å²) in [6, 6.07) is 0. The van der Waals surface area contributed by atoms with Crippen molar-refractivity contribution in [1.29, 1.82) is 0 Å². The molecule has 0 aromatic heterocycles. The van der Waals surface area contributed by atoms with Gasteiger partial charge in [-0.15, -0.1) is 0 Å². The normalized spacial score (nSPS) is 11.5. The fraction of sp³-hybridized carbons (Fsp3) is 0.583. The first-order chi connectivity index (χ1) is 8.20. The molecule has 0 heterocycles. The molecule has 19 heavy (non-hydrogen) atoms. The van der Waals surface area contributed by atoms with Gasteiger partial charge < -0.3 is 6.16 Å². The summed E-state index contributed by atoms with van der Waals surface area (Å²) < 4.78 is 33.8. The maximum Gasteiger partial charge on any atom is 1.00 e. The van der Waals surface area contributed by atoms with Crippen LogP contribution in [0.2, 0.25) is 0 Å². The molecule has 0 rings (SSSR count). The van der Waals surface area contributed by atoms with Crippen molar-refractivity contribution in [2.24, 2.45) is 0 Å². The van der Waals surface area contributed by atoms with Gasteiger partial charge in [-0.1, -0.05) is 17.2 Å². The first-order valence-corrected chi connectivity index (χ1v) is 7.21. The molecule has 0 aliphatic rings. The van der Waals surface area contributed by atoms with Crippen molar-refractivity contribution < 1.29 is 53.5 Å². The number of carbonyl (C=O) groups excluding carboxylic acids is 1. The zero-order valence-electron chi connectivity index (χ0n) is 13.0. The third-order valence-corrected chi connectivity index (χ3v) is 2.67. The molecule has 0 bridgehead atoms. The zero-order chi connectivity index (χ0) is 14.2. The fourth-order valence-electron chi connectivity index (χ4n) is 1.16. The molecule has 106 valence electrons. The molecule has 0 radical (unpaired) electrons. The third-order valence-electron chi connectivity index (χ3n) is 2.07. The van der Waals surface area contributed by atoms with E-state index in [2.05, 4.69) is 10.8 Å². The Balaban J connectivity index is -0.00000144. The molecule has 0 unspecified atom stereocenters. The predicted octanol–water partition coefficient (Wildman–Crippen LogP) is -0.773. The first kappa shape index (κ1) is 21.2. The van der Waals surface area contributed by atoms with E-state index in [1.165, 1.54) is 5.57 Å². The number of esters is 1. The molecule has 0 saturated carbocycles. The van der Waals surface area contributed by atoms with Crippen LogP contribution in [0.4, 0.5) is 0 Å². The number of hydrogen-bond acceptors (Lipinski definition) is 4. The molecule has 0 aromatic carbocycles. The molecule has 5 nitrogen and oxygen atoms in total. The van der Waals surface area contributed by atoms with Crippen molar-refractivity contribution in [3.63, 3.8) is 0 Å². The van der Waals surface area contributed by atoms with Gasteiger partial charge in [-0.2, -0.15) is 8.42 Å². The van der Waals surface area contributed by atoms with Crippen LogP contribution in [0.15, 0.2) is 23.3 Å². The molecule has 0 aliphatic heterocycles. The molecule has 0 aliphatic carbocycles. The Labute approximate surface area is 138 Å². The Kier molecular flexibility index (Phi) is 11.8. The number of ether oxygens (including phenoxy) is 1. The number of hydrogen-bond donors (Lipinski definition) is 1. The van der Waals surface area contributed by atoms with Crippen LogP contribution in [0, 0.1) is 0 Å². The van der Waals surface area contributed by atoms with Crippen molar-refractivity contribution in [3.05, 3.63) is 23.3 Å². The van der Waals surface area contributed by atoms with E-state index in [1.54, 1.807) is 6.08 Å². The summed E-state index contributed by atoms with van der Waals surface area (Å²) in [6.45, 7) is 5.98. The van der Waals surface area contributed by atoms with Crippen LogP contribution in [-0.4, -0.2) is 31.3 Å². The SMILES string of the molecule is CC(C)=CCC/C(C)=C/COC(=O)CS(=O)(=O)O.[H-].[Na+]. The summed E-state index contributed by atoms with van der Waals surface area (Å²) in [5.74, 6) is -1.96. The molecule has 1 N–H and O–H groups in total. The summed E-state index contributed by atoms with van der Waals surface area (Å²) >= 11 is 0. The average Bonchev–Trinajstić information content (AvgIpc) is 2.13. The van der Waals surface area contributed by atoms with Gasteiger partial charge in [-0.25, -0.2) is 0 Å². The van der Waals surface area contributed by atoms with Crippen molar-refractivity contribution in [1.82, 2.24) is 0 Å². The molecular weight excluding hydrogens is 279 g/mol. The molecule has 0 saturated heterocycles. The van der Waals surface area contributed by atoms with Gasteiger partial charge in [0.1, 0.15) is 6.61 Å². The monoisotopic (exact) mass is 300 g/mol. The number of carbonyl (C=O) groups is 1. The van der Waals surface area contributed by atoms with E-state index in [9.17, 15) is 13.2 Å². The Hall–Kier alpha value is -0.140. The molecule has 0 aromatic rings. The molecule has 7 heteroatoms. The van der Waals surface area contributed by atoms with Gasteiger partial charge in [0, 0.05) is 0 Å². The van der Waals surface area contributed by atoms with Crippen molar-refractivity contribution in [2.45, 2.75) is 33.6 Å². The van der Waals surface area contributed by atoms with E-state index in [1.807, 2.05) is 20.8 Å². The minimum absolute atomic E-state index is 0. The predicted molar refractivity (Wildman–Crippen MR) is 70.9 cm³/mol. The summed E-state index contributed by atoms with van der Waals surface area (Å²) in [5.41, 5.74) is 2.31. The fourth-order valence-corrected chi connectivity index (χ4v) is 1.54. The Morgan fingerprint density at radius 3 is 2.32 bits per heavy atom. The summed E-state index contributed by atoms with van der Waals surface area (Å²) in [7, 11) is -4.30. The second kappa shape index (κ2) is 10.6. The zero-order valence-corrected chi connectivity index (χ0v) is 14.8. The van der Waals surface area contributed by atoms with Crippen LogP contribution in [0.5, 0.6) is 0 Å². The molecule has 0 amide bonds. The van der Waals surface area contributed by atoms with E-state index >= 15 is 0 Å². The van der Waals surface area contributed by atoms with Crippen LogP contribution in [-0.2, 0) is 19.6 Å². The van der Waals surface area contributed by atoms with Gasteiger partial charge in [-0.3, -0.25) is 9.35 Å². The van der Waals surface area contributed by atoms with Gasteiger partial charge in [0.15, 0.2) is 5.75 Å². The van der Waals surface area contributed by atoms with E-state index in [4.69, 9.17) is 4.55 Å². The number of allylic oxidation sites excluding steroid dienone is 3. The van der Waals surface area contributed by atoms with E-state index in [0.717, 1.165) is 18.4 Å². The van der Waals surface area contributed by atoms with Gasteiger partial charge in [0.05, 0.1) is 0 Å². The second-order valence-electron chi connectivity index (χ2n) is 4.28. The van der Waals surface area contributed by atoms with Crippen molar-refractivity contribution in [3.8, 4) is 0 Å². The molecule has 0 spiro atoms. The number of rotatable bonds is 7. The van der Waals surface area contributed by atoms with Crippen LogP contribution < -0.4 is 29.6 Å². The van der Waals surface area contributed by atoms with Crippen LogP contribution >= 0.6 is 0 Å². The largest absolute Gasteiger partial charge is 1.00 e. The smallest absolute Gasteiger partial charge is 1.00 e. The van der Waals surface area contributed by atoms with Crippen LogP contribution in [0.25, 0.3) is 0 Å².